The van der Waals surface area contributed by atoms with E-state index in [-0.39, 0.29) is 18.1 Å². The number of aliphatic hydroxyl groups excluding tert-OH is 1. The van der Waals surface area contributed by atoms with Crippen LogP contribution in [0.1, 0.15) is 26.3 Å². The summed E-state index contributed by atoms with van der Waals surface area (Å²) in [5.41, 5.74) is 1.04. The summed E-state index contributed by atoms with van der Waals surface area (Å²) in [6.45, 7) is 6.27. The van der Waals surface area contributed by atoms with Crippen molar-refractivity contribution in [2.45, 2.75) is 45.5 Å². The van der Waals surface area contributed by atoms with Gasteiger partial charge in [-0.05, 0) is 43.9 Å². The Kier molecular flexibility index (Phi) is 5.12. The van der Waals surface area contributed by atoms with Crippen molar-refractivity contribution in [2.75, 3.05) is 14.2 Å². The summed E-state index contributed by atoms with van der Waals surface area (Å²) in [6.07, 6.45) is 0.462. The van der Waals surface area contributed by atoms with Crippen molar-refractivity contribution in [3.8, 4) is 11.5 Å². The van der Waals surface area contributed by atoms with E-state index in [0.29, 0.717) is 23.8 Å². The molecule has 1 aromatic rings. The van der Waals surface area contributed by atoms with Crippen molar-refractivity contribution in [1.82, 2.24) is 0 Å². The van der Waals surface area contributed by atoms with E-state index in [4.69, 9.17) is 14.2 Å². The van der Waals surface area contributed by atoms with Crippen molar-refractivity contribution < 1.29 is 19.3 Å². The second-order valence-electron chi connectivity index (χ2n) is 5.94. The molecule has 0 spiro atoms. The number of ether oxygens (including phenoxy) is 3. The summed E-state index contributed by atoms with van der Waals surface area (Å²) in [5, 5.41) is 10.6. The molecular weight excluding hydrogens is 268 g/mol. The van der Waals surface area contributed by atoms with Crippen molar-refractivity contribution in [2.24, 2.45) is 11.8 Å². The van der Waals surface area contributed by atoms with Crippen LogP contribution in [0, 0.1) is 11.8 Å². The molecule has 0 aliphatic carbocycles. The maximum atomic E-state index is 10.6. The molecule has 0 aromatic heterocycles. The van der Waals surface area contributed by atoms with Gasteiger partial charge in [-0.2, -0.15) is 0 Å². The van der Waals surface area contributed by atoms with Gasteiger partial charge < -0.3 is 19.3 Å². The van der Waals surface area contributed by atoms with E-state index in [1.165, 1.54) is 0 Å². The Bertz CT molecular complexity index is 474. The smallest absolute Gasteiger partial charge is 0.160 e. The quantitative estimate of drug-likeness (QED) is 0.907. The maximum absolute atomic E-state index is 10.6. The van der Waals surface area contributed by atoms with E-state index in [1.54, 1.807) is 14.2 Å². The molecule has 118 valence electrons. The van der Waals surface area contributed by atoms with Gasteiger partial charge in [0.15, 0.2) is 11.5 Å². The van der Waals surface area contributed by atoms with E-state index in [2.05, 4.69) is 13.8 Å². The molecule has 0 amide bonds. The summed E-state index contributed by atoms with van der Waals surface area (Å²) in [6, 6.07) is 5.78. The third kappa shape index (κ3) is 3.33. The Morgan fingerprint density at radius 1 is 1.10 bits per heavy atom. The Balaban J connectivity index is 2.11. The molecule has 1 fully saturated rings. The molecule has 4 nitrogen and oxygen atoms in total. The zero-order valence-electron chi connectivity index (χ0n) is 13.5. The molecule has 0 saturated carbocycles. The van der Waals surface area contributed by atoms with Gasteiger partial charge in [0, 0.05) is 5.92 Å². The molecular formula is C17H26O4. The van der Waals surface area contributed by atoms with Crippen LogP contribution in [0.15, 0.2) is 18.2 Å². The molecule has 0 bridgehead atoms. The fourth-order valence-corrected chi connectivity index (χ4v) is 3.34. The van der Waals surface area contributed by atoms with Gasteiger partial charge in [-0.15, -0.1) is 0 Å². The summed E-state index contributed by atoms with van der Waals surface area (Å²) in [4.78, 5) is 0. The number of benzene rings is 1. The van der Waals surface area contributed by atoms with Gasteiger partial charge >= 0.3 is 0 Å². The standard InChI is InChI=1S/C17H26O4/c1-10-11(2)21-12(3)17(10)14(18)8-13-6-7-15(19-4)16(9-13)20-5/h6-7,9-12,14,17-18H,8H2,1-5H3. The van der Waals surface area contributed by atoms with E-state index >= 15 is 0 Å². The summed E-state index contributed by atoms with van der Waals surface area (Å²) in [5.74, 6) is 1.91. The molecule has 1 aliphatic heterocycles. The highest BCUT2D eigenvalue weighted by Crippen LogP contribution is 2.36. The summed E-state index contributed by atoms with van der Waals surface area (Å²) < 4.78 is 16.4. The van der Waals surface area contributed by atoms with Crippen LogP contribution in [0.4, 0.5) is 0 Å². The molecule has 4 heteroatoms. The van der Waals surface area contributed by atoms with Gasteiger partial charge in [0.25, 0.3) is 0 Å². The van der Waals surface area contributed by atoms with Crippen LogP contribution in [0.5, 0.6) is 11.5 Å². The van der Waals surface area contributed by atoms with Gasteiger partial charge in [0.2, 0.25) is 0 Å². The highest BCUT2D eigenvalue weighted by Gasteiger charge is 2.40. The first-order valence-corrected chi connectivity index (χ1v) is 7.52. The first-order valence-electron chi connectivity index (χ1n) is 7.52. The van der Waals surface area contributed by atoms with Crippen LogP contribution in [0.25, 0.3) is 0 Å². The number of methoxy groups -OCH3 is 2. The van der Waals surface area contributed by atoms with E-state index in [1.807, 2.05) is 25.1 Å². The van der Waals surface area contributed by atoms with E-state index in [0.717, 1.165) is 5.56 Å². The van der Waals surface area contributed by atoms with Gasteiger partial charge in [0.05, 0.1) is 32.5 Å². The lowest BCUT2D eigenvalue weighted by Gasteiger charge is -2.25. The van der Waals surface area contributed by atoms with Crippen LogP contribution in [0.2, 0.25) is 0 Å². The second kappa shape index (κ2) is 6.67. The largest absolute Gasteiger partial charge is 0.493 e. The predicted octanol–water partition coefficient (Wildman–Crippen LogP) is 2.67. The average molecular weight is 294 g/mol. The van der Waals surface area contributed by atoms with E-state index < -0.39 is 6.10 Å². The molecule has 1 saturated heterocycles. The van der Waals surface area contributed by atoms with E-state index in [9.17, 15) is 5.11 Å². The Labute approximate surface area is 127 Å². The maximum Gasteiger partial charge on any atom is 0.160 e. The minimum Gasteiger partial charge on any atom is -0.493 e. The Morgan fingerprint density at radius 2 is 1.76 bits per heavy atom. The van der Waals surface area contributed by atoms with Crippen molar-refractivity contribution in [3.05, 3.63) is 23.8 Å². The fourth-order valence-electron chi connectivity index (χ4n) is 3.34. The molecule has 5 unspecified atom stereocenters. The Hall–Kier alpha value is -1.26. The van der Waals surface area contributed by atoms with Gasteiger partial charge in [-0.25, -0.2) is 0 Å². The highest BCUT2D eigenvalue weighted by atomic mass is 16.5. The first-order chi connectivity index (χ1) is 9.97. The number of aliphatic hydroxyl groups is 1. The summed E-state index contributed by atoms with van der Waals surface area (Å²) in [7, 11) is 3.24. The van der Waals surface area contributed by atoms with Crippen LogP contribution in [-0.2, 0) is 11.2 Å². The third-order valence-electron chi connectivity index (χ3n) is 4.66. The molecule has 0 radical (unpaired) electrons. The third-order valence-corrected chi connectivity index (χ3v) is 4.66. The van der Waals surface area contributed by atoms with Crippen LogP contribution >= 0.6 is 0 Å². The van der Waals surface area contributed by atoms with Crippen molar-refractivity contribution >= 4 is 0 Å². The minimum absolute atomic E-state index is 0.0881. The number of hydrogen-bond donors (Lipinski definition) is 1. The van der Waals surface area contributed by atoms with Crippen LogP contribution < -0.4 is 9.47 Å². The van der Waals surface area contributed by atoms with Crippen molar-refractivity contribution in [1.29, 1.82) is 0 Å². The Morgan fingerprint density at radius 3 is 2.29 bits per heavy atom. The molecule has 1 N–H and O–H groups in total. The SMILES string of the molecule is COc1ccc(CC(O)C2C(C)OC(C)C2C)cc1OC. The molecule has 1 aliphatic rings. The van der Waals surface area contributed by atoms with Crippen LogP contribution in [-0.4, -0.2) is 37.6 Å². The number of rotatable bonds is 5. The monoisotopic (exact) mass is 294 g/mol. The average Bonchev–Trinajstić information content (AvgIpc) is 2.71. The molecule has 21 heavy (non-hydrogen) atoms. The van der Waals surface area contributed by atoms with Crippen LogP contribution in [0.3, 0.4) is 0 Å². The molecule has 5 atom stereocenters. The topological polar surface area (TPSA) is 47.9 Å². The van der Waals surface area contributed by atoms with Gasteiger partial charge in [0.1, 0.15) is 0 Å². The predicted molar refractivity (Wildman–Crippen MR) is 81.9 cm³/mol. The second-order valence-corrected chi connectivity index (χ2v) is 5.94. The lowest BCUT2D eigenvalue weighted by atomic mass is 9.82. The fraction of sp³-hybridized carbons (Fsp3) is 0.647. The molecule has 1 aromatic carbocycles. The van der Waals surface area contributed by atoms with Gasteiger partial charge in [-0.1, -0.05) is 13.0 Å². The van der Waals surface area contributed by atoms with Crippen molar-refractivity contribution in [3.63, 3.8) is 0 Å². The molecule has 1 heterocycles. The zero-order chi connectivity index (χ0) is 15.6. The minimum atomic E-state index is -0.418. The zero-order valence-corrected chi connectivity index (χ0v) is 13.5. The first kappa shape index (κ1) is 16.1. The summed E-state index contributed by atoms with van der Waals surface area (Å²) >= 11 is 0. The highest BCUT2D eigenvalue weighted by molar-refractivity contribution is 5.43. The number of hydrogen-bond acceptors (Lipinski definition) is 4. The lowest BCUT2D eigenvalue weighted by Crippen LogP contribution is -2.32. The normalized spacial score (nSPS) is 30.2. The van der Waals surface area contributed by atoms with Gasteiger partial charge in [-0.3, -0.25) is 0 Å². The molecule has 2 rings (SSSR count). The lowest BCUT2D eigenvalue weighted by molar-refractivity contribution is 0.0240.